The molecular formula is C14H20FN3O2S. The molecule has 3 N–H and O–H groups in total. The Morgan fingerprint density at radius 1 is 1.33 bits per heavy atom. The number of halogens is 1. The minimum atomic E-state index is -0.499. The second-order valence-corrected chi connectivity index (χ2v) is 5.93. The summed E-state index contributed by atoms with van der Waals surface area (Å²) in [4.78, 5) is 11.7. The van der Waals surface area contributed by atoms with Crippen LogP contribution in [0.3, 0.4) is 0 Å². The van der Waals surface area contributed by atoms with Crippen molar-refractivity contribution >= 4 is 23.2 Å². The number of amides is 1. The molecule has 0 fully saturated rings. The molecule has 0 atom stereocenters. The third-order valence-electron chi connectivity index (χ3n) is 2.38. The van der Waals surface area contributed by atoms with Gasteiger partial charge in [-0.15, -0.1) is 0 Å². The number of benzene rings is 1. The van der Waals surface area contributed by atoms with Crippen LogP contribution in [0.25, 0.3) is 0 Å². The fourth-order valence-corrected chi connectivity index (χ4v) is 1.90. The molecule has 5 nitrogen and oxygen atoms in total. The van der Waals surface area contributed by atoms with Crippen LogP contribution in [0.4, 0.5) is 4.39 Å². The Balaban J connectivity index is 2.47. The first kappa shape index (κ1) is 17.2. The zero-order valence-corrected chi connectivity index (χ0v) is 13.4. The van der Waals surface area contributed by atoms with Crippen LogP contribution in [-0.4, -0.2) is 23.7 Å². The van der Waals surface area contributed by atoms with Gasteiger partial charge in [0.2, 0.25) is 5.91 Å². The van der Waals surface area contributed by atoms with Crippen molar-refractivity contribution in [2.24, 2.45) is 0 Å². The molecule has 7 heteroatoms. The largest absolute Gasteiger partial charge is 0.494 e. The molecule has 0 saturated carbocycles. The third kappa shape index (κ3) is 6.40. The van der Waals surface area contributed by atoms with E-state index in [1.165, 1.54) is 19.2 Å². The summed E-state index contributed by atoms with van der Waals surface area (Å²) in [7, 11) is 1.39. The number of carbonyl (C=O) groups is 1. The first-order chi connectivity index (χ1) is 9.71. The summed E-state index contributed by atoms with van der Waals surface area (Å²) >= 11 is 5.03. The Morgan fingerprint density at radius 3 is 2.52 bits per heavy atom. The fourth-order valence-electron chi connectivity index (χ4n) is 1.55. The number of ether oxygens (including phenoxy) is 1. The monoisotopic (exact) mass is 313 g/mol. The highest BCUT2D eigenvalue weighted by Gasteiger charge is 2.12. The van der Waals surface area contributed by atoms with Crippen molar-refractivity contribution in [2.75, 3.05) is 7.11 Å². The topological polar surface area (TPSA) is 62.4 Å². The number of rotatable bonds is 3. The predicted molar refractivity (Wildman–Crippen MR) is 83.4 cm³/mol. The summed E-state index contributed by atoms with van der Waals surface area (Å²) in [5.74, 6) is -0.675. The molecule has 0 unspecified atom stereocenters. The lowest BCUT2D eigenvalue weighted by Gasteiger charge is -2.23. The summed E-state index contributed by atoms with van der Waals surface area (Å²) in [5.41, 5.74) is 5.40. The molecule has 21 heavy (non-hydrogen) atoms. The molecule has 0 aromatic heterocycles. The number of hydrazine groups is 1. The van der Waals surface area contributed by atoms with Crippen molar-refractivity contribution in [3.63, 3.8) is 0 Å². The molecule has 1 rings (SSSR count). The van der Waals surface area contributed by atoms with E-state index < -0.39 is 5.82 Å². The summed E-state index contributed by atoms with van der Waals surface area (Å²) in [6.07, 6.45) is 0.0338. The van der Waals surface area contributed by atoms with Crippen LogP contribution in [0.1, 0.15) is 26.3 Å². The number of hydrogen-bond acceptors (Lipinski definition) is 3. The van der Waals surface area contributed by atoms with Crippen molar-refractivity contribution in [3.8, 4) is 5.75 Å². The highest BCUT2D eigenvalue weighted by molar-refractivity contribution is 7.80. The highest BCUT2D eigenvalue weighted by Crippen LogP contribution is 2.17. The van der Waals surface area contributed by atoms with Crippen LogP contribution in [0.2, 0.25) is 0 Å². The van der Waals surface area contributed by atoms with Crippen molar-refractivity contribution in [1.82, 2.24) is 16.2 Å². The molecule has 116 valence electrons. The van der Waals surface area contributed by atoms with Gasteiger partial charge in [-0.05, 0) is 50.7 Å². The van der Waals surface area contributed by atoms with E-state index in [4.69, 9.17) is 17.0 Å². The van der Waals surface area contributed by atoms with Crippen LogP contribution >= 0.6 is 12.2 Å². The van der Waals surface area contributed by atoms with Crippen LogP contribution in [0.15, 0.2) is 18.2 Å². The molecule has 0 aliphatic heterocycles. The van der Waals surface area contributed by atoms with Gasteiger partial charge in [0.15, 0.2) is 16.7 Å². The SMILES string of the molecule is COc1ccc(CC(=O)NNC(=S)NC(C)(C)C)cc1F. The standard InChI is InChI=1S/C14H20FN3O2S/c1-14(2,3)16-13(21)18-17-12(19)8-9-5-6-11(20-4)10(15)7-9/h5-7H,8H2,1-4H3,(H,17,19)(H2,16,18,21). The summed E-state index contributed by atoms with van der Waals surface area (Å²) in [6.45, 7) is 5.84. The Labute approximate surface area is 129 Å². The third-order valence-corrected chi connectivity index (χ3v) is 2.59. The summed E-state index contributed by atoms with van der Waals surface area (Å²) in [5, 5.41) is 3.31. The number of methoxy groups -OCH3 is 1. The van der Waals surface area contributed by atoms with E-state index in [-0.39, 0.29) is 23.6 Å². The summed E-state index contributed by atoms with van der Waals surface area (Å²) < 4.78 is 18.3. The Bertz CT molecular complexity index is 529. The average Bonchev–Trinajstić information content (AvgIpc) is 2.34. The van der Waals surface area contributed by atoms with Gasteiger partial charge in [-0.1, -0.05) is 6.07 Å². The molecule has 0 aliphatic rings. The molecule has 1 aromatic rings. The molecule has 0 aliphatic carbocycles. The van der Waals surface area contributed by atoms with Gasteiger partial charge in [0.05, 0.1) is 13.5 Å². The van der Waals surface area contributed by atoms with Gasteiger partial charge >= 0.3 is 0 Å². The maximum atomic E-state index is 13.5. The van der Waals surface area contributed by atoms with E-state index in [2.05, 4.69) is 16.2 Å². The molecule has 0 spiro atoms. The van der Waals surface area contributed by atoms with Crippen LogP contribution in [-0.2, 0) is 11.2 Å². The van der Waals surface area contributed by atoms with Gasteiger partial charge < -0.3 is 10.1 Å². The van der Waals surface area contributed by atoms with Crippen LogP contribution in [0, 0.1) is 5.82 Å². The molecule has 1 aromatic carbocycles. The molecule has 0 saturated heterocycles. The van der Waals surface area contributed by atoms with E-state index in [1.54, 1.807) is 6.07 Å². The predicted octanol–water partition coefficient (Wildman–Crippen LogP) is 1.67. The van der Waals surface area contributed by atoms with E-state index in [0.717, 1.165) is 0 Å². The second kappa shape index (κ2) is 7.21. The van der Waals surface area contributed by atoms with Gasteiger partial charge in [-0.25, -0.2) is 4.39 Å². The first-order valence-electron chi connectivity index (χ1n) is 6.40. The fraction of sp³-hybridized carbons (Fsp3) is 0.429. The van der Waals surface area contributed by atoms with Gasteiger partial charge in [-0.3, -0.25) is 15.6 Å². The lowest BCUT2D eigenvalue weighted by Crippen LogP contribution is -2.52. The normalized spacial score (nSPS) is 10.7. The van der Waals surface area contributed by atoms with Crippen molar-refractivity contribution in [1.29, 1.82) is 0 Å². The lowest BCUT2D eigenvalue weighted by molar-refractivity contribution is -0.121. The smallest absolute Gasteiger partial charge is 0.242 e. The van der Waals surface area contributed by atoms with Crippen molar-refractivity contribution < 1.29 is 13.9 Å². The highest BCUT2D eigenvalue weighted by atomic mass is 32.1. The minimum Gasteiger partial charge on any atom is -0.494 e. The zero-order chi connectivity index (χ0) is 16.0. The van der Waals surface area contributed by atoms with E-state index in [1.807, 2.05) is 20.8 Å². The molecular weight excluding hydrogens is 293 g/mol. The van der Waals surface area contributed by atoms with Gasteiger partial charge in [0.25, 0.3) is 0 Å². The molecule has 0 heterocycles. The first-order valence-corrected chi connectivity index (χ1v) is 6.81. The average molecular weight is 313 g/mol. The molecule has 0 bridgehead atoms. The number of hydrogen-bond donors (Lipinski definition) is 3. The van der Waals surface area contributed by atoms with E-state index in [0.29, 0.717) is 10.7 Å². The summed E-state index contributed by atoms with van der Waals surface area (Å²) in [6, 6.07) is 4.38. The maximum Gasteiger partial charge on any atom is 0.242 e. The quantitative estimate of drug-likeness (QED) is 0.585. The molecule has 1 amide bonds. The van der Waals surface area contributed by atoms with Gasteiger partial charge in [-0.2, -0.15) is 0 Å². The van der Waals surface area contributed by atoms with Gasteiger partial charge in [0.1, 0.15) is 0 Å². The number of thiocarbonyl (C=S) groups is 1. The Morgan fingerprint density at radius 2 is 2.00 bits per heavy atom. The lowest BCUT2D eigenvalue weighted by atomic mass is 10.1. The number of nitrogens with one attached hydrogen (secondary N) is 3. The Kier molecular flexibility index (Phi) is 5.90. The van der Waals surface area contributed by atoms with Crippen LogP contribution < -0.4 is 20.9 Å². The van der Waals surface area contributed by atoms with Gasteiger partial charge in [0, 0.05) is 5.54 Å². The van der Waals surface area contributed by atoms with E-state index in [9.17, 15) is 9.18 Å². The number of carbonyl (C=O) groups excluding carboxylic acids is 1. The van der Waals surface area contributed by atoms with Crippen molar-refractivity contribution in [3.05, 3.63) is 29.6 Å². The zero-order valence-electron chi connectivity index (χ0n) is 12.5. The maximum absolute atomic E-state index is 13.5. The minimum absolute atomic E-state index is 0.0338. The van der Waals surface area contributed by atoms with E-state index >= 15 is 0 Å². The second-order valence-electron chi connectivity index (χ2n) is 5.52. The Hall–Kier alpha value is -1.89. The van der Waals surface area contributed by atoms with Crippen molar-refractivity contribution in [2.45, 2.75) is 32.7 Å². The molecule has 0 radical (unpaired) electrons. The van der Waals surface area contributed by atoms with Crippen LogP contribution in [0.5, 0.6) is 5.75 Å².